The van der Waals surface area contributed by atoms with Gasteiger partial charge in [-0.15, -0.1) is 5.10 Å². The van der Waals surface area contributed by atoms with Crippen molar-refractivity contribution < 1.29 is 13.3 Å². The van der Waals surface area contributed by atoms with E-state index < -0.39 is 20.7 Å². The lowest BCUT2D eigenvalue weighted by molar-refractivity contribution is -0.385. The molecule has 1 aromatic carbocycles. The number of nitrogens with one attached hydrogen (secondary N) is 1. The Morgan fingerprint density at radius 3 is 2.68 bits per heavy atom. The fourth-order valence-corrected chi connectivity index (χ4v) is 3.36. The van der Waals surface area contributed by atoms with Crippen LogP contribution in [0.1, 0.15) is 5.56 Å². The highest BCUT2D eigenvalue weighted by atomic mass is 32.2. The van der Waals surface area contributed by atoms with Gasteiger partial charge in [-0.1, -0.05) is 30.0 Å². The summed E-state index contributed by atoms with van der Waals surface area (Å²) in [7, 11) is -2.22. The fraction of sp³-hybridized carbons (Fsp3) is 0.273. The molecule has 0 atom stereocenters. The number of nitro benzene ring substituents is 1. The molecule has 0 aliphatic rings. The predicted molar refractivity (Wildman–Crippen MR) is 82.1 cm³/mol. The van der Waals surface area contributed by atoms with Crippen LogP contribution >= 0.6 is 11.8 Å². The molecule has 118 valence electrons. The van der Waals surface area contributed by atoms with E-state index in [0.717, 1.165) is 0 Å². The van der Waals surface area contributed by atoms with Crippen LogP contribution in [0.4, 0.5) is 11.6 Å². The van der Waals surface area contributed by atoms with Crippen LogP contribution in [0.2, 0.25) is 0 Å². The van der Waals surface area contributed by atoms with E-state index in [4.69, 9.17) is 0 Å². The smallest absolute Gasteiger partial charge is 0.258 e. The molecular weight excluding hydrogens is 330 g/mol. The summed E-state index contributed by atoms with van der Waals surface area (Å²) in [5.74, 6) is -0.595. The zero-order valence-electron chi connectivity index (χ0n) is 11.8. The number of sulfonamides is 1. The average Bonchev–Trinajstić information content (AvgIpc) is 2.77. The molecule has 2 aromatic rings. The highest BCUT2D eigenvalue weighted by Crippen LogP contribution is 2.21. The summed E-state index contributed by atoms with van der Waals surface area (Å²) in [5, 5.41) is 15.4. The normalized spacial score (nSPS) is 11.4. The van der Waals surface area contributed by atoms with E-state index in [0.29, 0.717) is 5.16 Å². The van der Waals surface area contributed by atoms with E-state index in [-0.39, 0.29) is 17.2 Å². The van der Waals surface area contributed by atoms with Gasteiger partial charge in [0, 0.05) is 18.7 Å². The van der Waals surface area contributed by atoms with E-state index in [9.17, 15) is 18.5 Å². The van der Waals surface area contributed by atoms with Gasteiger partial charge in [0.25, 0.3) is 11.6 Å². The van der Waals surface area contributed by atoms with Gasteiger partial charge in [-0.3, -0.25) is 10.1 Å². The quantitative estimate of drug-likeness (QED) is 0.478. The third-order valence-corrected chi connectivity index (χ3v) is 4.59. The number of benzene rings is 1. The molecule has 0 amide bonds. The summed E-state index contributed by atoms with van der Waals surface area (Å²) < 4.78 is 27.9. The Labute approximate surface area is 130 Å². The minimum absolute atomic E-state index is 0.0644. The summed E-state index contributed by atoms with van der Waals surface area (Å²) >= 11 is 1.32. The molecule has 2 rings (SSSR count). The van der Waals surface area contributed by atoms with Crippen LogP contribution in [-0.2, 0) is 22.8 Å². The summed E-state index contributed by atoms with van der Waals surface area (Å²) in [4.78, 5) is 14.3. The molecule has 0 spiro atoms. The number of rotatable bonds is 6. The second-order valence-electron chi connectivity index (χ2n) is 4.29. The monoisotopic (exact) mass is 343 g/mol. The summed E-state index contributed by atoms with van der Waals surface area (Å²) in [5.41, 5.74) is -0.146. The molecule has 9 nitrogen and oxygen atoms in total. The van der Waals surface area contributed by atoms with Crippen LogP contribution < -0.4 is 4.72 Å². The van der Waals surface area contributed by atoms with Crippen molar-refractivity contribution in [2.45, 2.75) is 10.9 Å². The summed E-state index contributed by atoms with van der Waals surface area (Å²) in [6.07, 6.45) is 1.79. The van der Waals surface area contributed by atoms with Crippen LogP contribution in [0.25, 0.3) is 0 Å². The molecule has 11 heteroatoms. The zero-order valence-corrected chi connectivity index (χ0v) is 13.4. The maximum absolute atomic E-state index is 12.1. The van der Waals surface area contributed by atoms with E-state index in [1.54, 1.807) is 19.4 Å². The van der Waals surface area contributed by atoms with Gasteiger partial charge in [0.15, 0.2) is 5.16 Å². The van der Waals surface area contributed by atoms with Gasteiger partial charge < -0.3 is 0 Å². The molecule has 0 saturated carbocycles. The second kappa shape index (κ2) is 6.32. The molecule has 0 aliphatic heterocycles. The molecule has 1 aromatic heterocycles. The number of hydrogen-bond donors (Lipinski definition) is 1. The van der Waals surface area contributed by atoms with Crippen LogP contribution in [-0.4, -0.2) is 34.4 Å². The molecule has 0 bridgehead atoms. The minimum Gasteiger partial charge on any atom is -0.258 e. The summed E-state index contributed by atoms with van der Waals surface area (Å²) in [6, 6.07) is 5.68. The third kappa shape index (κ3) is 3.74. The van der Waals surface area contributed by atoms with Crippen molar-refractivity contribution in [3.05, 3.63) is 39.9 Å². The Morgan fingerprint density at radius 2 is 2.09 bits per heavy atom. The van der Waals surface area contributed by atoms with Crippen molar-refractivity contribution in [3.63, 3.8) is 0 Å². The largest absolute Gasteiger partial charge is 0.273 e. The van der Waals surface area contributed by atoms with E-state index >= 15 is 0 Å². The van der Waals surface area contributed by atoms with Crippen LogP contribution in [0.15, 0.2) is 29.4 Å². The Kier molecular flexibility index (Phi) is 4.66. The molecular formula is C11H13N5O4S2. The highest BCUT2D eigenvalue weighted by Gasteiger charge is 2.21. The minimum atomic E-state index is -3.86. The van der Waals surface area contributed by atoms with E-state index in [2.05, 4.69) is 14.8 Å². The molecule has 0 unspecified atom stereocenters. The Balaban J connectivity index is 2.23. The van der Waals surface area contributed by atoms with E-state index in [1.165, 1.54) is 34.6 Å². The highest BCUT2D eigenvalue weighted by molar-refractivity contribution is 7.98. The van der Waals surface area contributed by atoms with Crippen molar-refractivity contribution in [2.75, 3.05) is 11.0 Å². The topological polar surface area (TPSA) is 120 Å². The Hall–Kier alpha value is -2.14. The number of thioether (sulfide) groups is 1. The number of nitro groups is 1. The molecule has 1 N–H and O–H groups in total. The first-order valence-electron chi connectivity index (χ1n) is 6.00. The number of anilines is 1. The third-order valence-electron chi connectivity index (χ3n) is 2.69. The standard InChI is InChI=1S/C11H13N5O4S2/c1-15-11(21-2)12-10(13-15)14-22(19,20)7-8-5-3-4-6-9(8)16(17)18/h3-6H,7H2,1-2H3,(H,13,14). The lowest BCUT2D eigenvalue weighted by Crippen LogP contribution is -2.17. The van der Waals surface area contributed by atoms with Gasteiger partial charge in [-0.05, 0) is 6.26 Å². The first-order chi connectivity index (χ1) is 10.3. The van der Waals surface area contributed by atoms with E-state index in [1.807, 2.05) is 0 Å². The zero-order chi connectivity index (χ0) is 16.3. The maximum atomic E-state index is 12.1. The van der Waals surface area contributed by atoms with Gasteiger partial charge in [-0.2, -0.15) is 4.98 Å². The number of para-hydroxylation sites is 1. The Bertz CT molecular complexity index is 803. The molecule has 0 saturated heterocycles. The van der Waals surface area contributed by atoms with Crippen molar-refractivity contribution in [3.8, 4) is 0 Å². The fourth-order valence-electron chi connectivity index (χ4n) is 1.78. The van der Waals surface area contributed by atoms with Gasteiger partial charge in [0.1, 0.15) is 5.75 Å². The molecule has 0 fully saturated rings. The number of aromatic nitrogens is 3. The lowest BCUT2D eigenvalue weighted by atomic mass is 10.2. The average molecular weight is 343 g/mol. The van der Waals surface area contributed by atoms with Crippen LogP contribution in [0, 0.1) is 10.1 Å². The second-order valence-corrected chi connectivity index (χ2v) is 6.79. The predicted octanol–water partition coefficient (Wildman–Crippen LogP) is 1.39. The van der Waals surface area contributed by atoms with Crippen LogP contribution in [0.3, 0.4) is 0 Å². The SMILES string of the molecule is CSc1nc(NS(=O)(=O)Cc2ccccc2[N+](=O)[O-])nn1C. The number of aryl methyl sites for hydroxylation is 1. The Morgan fingerprint density at radius 1 is 1.41 bits per heavy atom. The molecule has 22 heavy (non-hydrogen) atoms. The van der Waals surface area contributed by atoms with Crippen molar-refractivity contribution in [1.29, 1.82) is 0 Å². The molecule has 1 heterocycles. The first kappa shape index (κ1) is 16.2. The lowest BCUT2D eigenvalue weighted by Gasteiger charge is -2.05. The van der Waals surface area contributed by atoms with Crippen molar-refractivity contribution in [1.82, 2.24) is 14.8 Å². The number of nitrogens with zero attached hydrogens (tertiary/aromatic N) is 4. The molecule has 0 radical (unpaired) electrons. The van der Waals surface area contributed by atoms with Gasteiger partial charge in [0.2, 0.25) is 10.0 Å². The first-order valence-corrected chi connectivity index (χ1v) is 8.88. The van der Waals surface area contributed by atoms with Gasteiger partial charge >= 0.3 is 0 Å². The van der Waals surface area contributed by atoms with Gasteiger partial charge in [-0.25, -0.2) is 17.8 Å². The van der Waals surface area contributed by atoms with Crippen molar-refractivity contribution >= 4 is 33.4 Å². The molecule has 0 aliphatic carbocycles. The van der Waals surface area contributed by atoms with Crippen LogP contribution in [0.5, 0.6) is 0 Å². The van der Waals surface area contributed by atoms with Gasteiger partial charge in [0.05, 0.1) is 4.92 Å². The van der Waals surface area contributed by atoms with Crippen molar-refractivity contribution in [2.24, 2.45) is 7.05 Å². The number of hydrogen-bond acceptors (Lipinski definition) is 7. The maximum Gasteiger partial charge on any atom is 0.273 e. The summed E-state index contributed by atoms with van der Waals surface area (Å²) in [6.45, 7) is 0.